The minimum Gasteiger partial charge on any atom is -0.497 e. The maximum Gasteiger partial charge on any atom is 0.271 e. The van der Waals surface area contributed by atoms with Crippen LogP contribution < -0.4 is 4.74 Å². The van der Waals surface area contributed by atoms with Crippen molar-refractivity contribution < 1.29 is 9.53 Å². The van der Waals surface area contributed by atoms with Crippen LogP contribution in [0.2, 0.25) is 0 Å². The molecule has 1 aliphatic carbocycles. The third-order valence-electron chi connectivity index (χ3n) is 5.64. The summed E-state index contributed by atoms with van der Waals surface area (Å²) >= 11 is 0. The summed E-state index contributed by atoms with van der Waals surface area (Å²) in [5.74, 6) is 0.851. The van der Waals surface area contributed by atoms with Gasteiger partial charge in [0.2, 0.25) is 0 Å². The molecule has 1 aromatic heterocycles. The van der Waals surface area contributed by atoms with Gasteiger partial charge in [0, 0.05) is 37.8 Å². The van der Waals surface area contributed by atoms with Crippen molar-refractivity contribution in [2.24, 2.45) is 0 Å². The lowest BCUT2D eigenvalue weighted by Gasteiger charge is -2.37. The van der Waals surface area contributed by atoms with Crippen molar-refractivity contribution in [2.75, 3.05) is 33.3 Å². The zero-order chi connectivity index (χ0) is 17.9. The van der Waals surface area contributed by atoms with Gasteiger partial charge in [0.15, 0.2) is 0 Å². The van der Waals surface area contributed by atoms with Crippen molar-refractivity contribution >= 4 is 5.91 Å². The van der Waals surface area contributed by atoms with E-state index in [1.165, 1.54) is 25.7 Å². The molecular weight excluding hydrogens is 328 g/mol. The van der Waals surface area contributed by atoms with E-state index in [1.54, 1.807) is 7.11 Å². The molecule has 2 aliphatic rings. The smallest absolute Gasteiger partial charge is 0.271 e. The van der Waals surface area contributed by atoms with Gasteiger partial charge in [-0.1, -0.05) is 12.8 Å². The van der Waals surface area contributed by atoms with Gasteiger partial charge in [0.25, 0.3) is 5.91 Å². The van der Waals surface area contributed by atoms with Crippen LogP contribution in [0.4, 0.5) is 0 Å². The summed E-state index contributed by atoms with van der Waals surface area (Å²) in [6.07, 6.45) is 5.34. The molecule has 1 saturated carbocycles. The van der Waals surface area contributed by atoms with E-state index in [1.807, 2.05) is 35.2 Å². The Kier molecular flexibility index (Phi) is 4.93. The van der Waals surface area contributed by atoms with Gasteiger partial charge in [-0.15, -0.1) is 0 Å². The van der Waals surface area contributed by atoms with E-state index in [9.17, 15) is 4.79 Å². The number of nitrogens with one attached hydrogen (secondary N) is 1. The van der Waals surface area contributed by atoms with Gasteiger partial charge < -0.3 is 9.64 Å². The van der Waals surface area contributed by atoms with Crippen molar-refractivity contribution in [1.82, 2.24) is 20.0 Å². The molecule has 4 rings (SSSR count). The molecular formula is C20H26N4O2. The third-order valence-corrected chi connectivity index (χ3v) is 5.64. The molecule has 1 amide bonds. The molecule has 1 aliphatic heterocycles. The standard InChI is InChI=1S/C20H26N4O2/c1-26-17-8-6-15(7-9-17)18-14-19(22-21-18)20(25)24-12-10-23(11-13-24)16-4-2-3-5-16/h6-9,14,16H,2-5,10-13H2,1H3,(H,21,22). The molecule has 0 radical (unpaired) electrons. The predicted octanol–water partition coefficient (Wildman–Crippen LogP) is 2.79. The summed E-state index contributed by atoms with van der Waals surface area (Å²) in [6, 6.07) is 10.3. The van der Waals surface area contributed by atoms with Crippen LogP contribution in [0.5, 0.6) is 5.75 Å². The average molecular weight is 354 g/mol. The van der Waals surface area contributed by atoms with E-state index in [2.05, 4.69) is 15.1 Å². The minimum absolute atomic E-state index is 0.0448. The van der Waals surface area contributed by atoms with Gasteiger partial charge in [0.1, 0.15) is 11.4 Å². The number of carbonyl (C=O) groups is 1. The Balaban J connectivity index is 1.38. The van der Waals surface area contributed by atoms with Crippen LogP contribution in [0, 0.1) is 0 Å². The number of rotatable bonds is 4. The second-order valence-electron chi connectivity index (χ2n) is 7.16. The molecule has 0 bridgehead atoms. The number of ether oxygens (including phenoxy) is 1. The number of piperazine rings is 1. The normalized spacial score (nSPS) is 19.0. The van der Waals surface area contributed by atoms with Crippen LogP contribution in [0.25, 0.3) is 11.3 Å². The van der Waals surface area contributed by atoms with Crippen molar-refractivity contribution in [3.05, 3.63) is 36.0 Å². The number of H-pyrrole nitrogens is 1. The zero-order valence-electron chi connectivity index (χ0n) is 15.3. The van der Waals surface area contributed by atoms with Crippen LogP contribution in [0.15, 0.2) is 30.3 Å². The lowest BCUT2D eigenvalue weighted by Crippen LogP contribution is -2.51. The van der Waals surface area contributed by atoms with E-state index in [4.69, 9.17) is 4.74 Å². The predicted molar refractivity (Wildman–Crippen MR) is 100 cm³/mol. The lowest BCUT2D eigenvalue weighted by molar-refractivity contribution is 0.0568. The van der Waals surface area contributed by atoms with Crippen molar-refractivity contribution in [2.45, 2.75) is 31.7 Å². The quantitative estimate of drug-likeness (QED) is 0.917. The summed E-state index contributed by atoms with van der Waals surface area (Å²) in [6.45, 7) is 3.56. The summed E-state index contributed by atoms with van der Waals surface area (Å²) in [4.78, 5) is 17.3. The van der Waals surface area contributed by atoms with E-state index in [0.717, 1.165) is 49.2 Å². The van der Waals surface area contributed by atoms with Gasteiger partial charge in [-0.3, -0.25) is 14.8 Å². The SMILES string of the molecule is COc1ccc(-c2cc(C(=O)N3CCN(C4CCCC4)CC3)[nH]n2)cc1. The van der Waals surface area contributed by atoms with Crippen molar-refractivity contribution in [1.29, 1.82) is 0 Å². The molecule has 2 fully saturated rings. The average Bonchev–Trinajstić information content (AvgIpc) is 3.40. The van der Waals surface area contributed by atoms with Crippen LogP contribution in [-0.2, 0) is 0 Å². The van der Waals surface area contributed by atoms with Gasteiger partial charge in [-0.25, -0.2) is 0 Å². The molecule has 6 heteroatoms. The Bertz CT molecular complexity index is 741. The van der Waals surface area contributed by atoms with Gasteiger partial charge in [0.05, 0.1) is 12.8 Å². The molecule has 0 unspecified atom stereocenters. The van der Waals surface area contributed by atoms with Crippen LogP contribution in [0.1, 0.15) is 36.2 Å². The Morgan fingerprint density at radius 1 is 1.12 bits per heavy atom. The van der Waals surface area contributed by atoms with Crippen LogP contribution >= 0.6 is 0 Å². The number of aromatic amines is 1. The van der Waals surface area contributed by atoms with Crippen LogP contribution in [-0.4, -0.2) is 65.2 Å². The fourth-order valence-corrected chi connectivity index (χ4v) is 4.07. The highest BCUT2D eigenvalue weighted by molar-refractivity contribution is 5.93. The maximum absolute atomic E-state index is 12.8. The number of hydrogen-bond donors (Lipinski definition) is 1. The molecule has 0 spiro atoms. The molecule has 1 aromatic carbocycles. The maximum atomic E-state index is 12.8. The van der Waals surface area contributed by atoms with Gasteiger partial charge in [-0.2, -0.15) is 5.10 Å². The summed E-state index contributed by atoms with van der Waals surface area (Å²) < 4.78 is 5.18. The van der Waals surface area contributed by atoms with Gasteiger partial charge >= 0.3 is 0 Å². The second-order valence-corrected chi connectivity index (χ2v) is 7.16. The van der Waals surface area contributed by atoms with Crippen LogP contribution in [0.3, 0.4) is 0 Å². The highest BCUT2D eigenvalue weighted by atomic mass is 16.5. The number of aromatic nitrogens is 2. The zero-order valence-corrected chi connectivity index (χ0v) is 15.3. The van der Waals surface area contributed by atoms with Crippen molar-refractivity contribution in [3.63, 3.8) is 0 Å². The Hall–Kier alpha value is -2.34. The molecule has 138 valence electrons. The number of carbonyl (C=O) groups excluding carboxylic acids is 1. The number of nitrogens with zero attached hydrogens (tertiary/aromatic N) is 3. The first-order valence-corrected chi connectivity index (χ1v) is 9.48. The van der Waals surface area contributed by atoms with E-state index in [-0.39, 0.29) is 5.91 Å². The number of methoxy groups -OCH3 is 1. The summed E-state index contributed by atoms with van der Waals surface area (Å²) in [5, 5.41) is 7.22. The van der Waals surface area contributed by atoms with E-state index < -0.39 is 0 Å². The Morgan fingerprint density at radius 3 is 2.46 bits per heavy atom. The molecule has 2 heterocycles. The first-order valence-electron chi connectivity index (χ1n) is 9.48. The first-order chi connectivity index (χ1) is 12.7. The van der Waals surface area contributed by atoms with Gasteiger partial charge in [-0.05, 0) is 43.2 Å². The summed E-state index contributed by atoms with van der Waals surface area (Å²) in [7, 11) is 1.65. The molecule has 26 heavy (non-hydrogen) atoms. The number of hydrogen-bond acceptors (Lipinski definition) is 4. The highest BCUT2D eigenvalue weighted by Crippen LogP contribution is 2.25. The molecule has 2 aromatic rings. The third kappa shape index (κ3) is 3.46. The highest BCUT2D eigenvalue weighted by Gasteiger charge is 2.28. The molecule has 1 N–H and O–H groups in total. The Morgan fingerprint density at radius 2 is 1.81 bits per heavy atom. The fourth-order valence-electron chi connectivity index (χ4n) is 4.07. The first kappa shape index (κ1) is 17.1. The lowest BCUT2D eigenvalue weighted by atomic mass is 10.1. The monoisotopic (exact) mass is 354 g/mol. The van der Waals surface area contributed by atoms with E-state index in [0.29, 0.717) is 5.69 Å². The van der Waals surface area contributed by atoms with E-state index >= 15 is 0 Å². The Labute approximate surface area is 154 Å². The largest absolute Gasteiger partial charge is 0.497 e. The molecule has 6 nitrogen and oxygen atoms in total. The molecule has 0 atom stereocenters. The number of amides is 1. The summed E-state index contributed by atoms with van der Waals surface area (Å²) in [5.41, 5.74) is 2.30. The fraction of sp³-hybridized carbons (Fsp3) is 0.500. The second kappa shape index (κ2) is 7.50. The molecule has 1 saturated heterocycles. The van der Waals surface area contributed by atoms with Crippen molar-refractivity contribution in [3.8, 4) is 17.0 Å². The number of benzene rings is 1. The topological polar surface area (TPSA) is 61.5 Å². The minimum atomic E-state index is 0.0448.